The lowest BCUT2D eigenvalue weighted by molar-refractivity contribution is -0.120. The highest BCUT2D eigenvalue weighted by Gasteiger charge is 2.25. The van der Waals surface area contributed by atoms with Crippen LogP contribution < -0.4 is 16.0 Å². The highest BCUT2D eigenvalue weighted by molar-refractivity contribution is 5.83. The van der Waals surface area contributed by atoms with E-state index in [4.69, 9.17) is 10.7 Å². The highest BCUT2D eigenvalue weighted by atomic mass is 19.1. The molecule has 5 rings (SSSR count). The van der Waals surface area contributed by atoms with Crippen molar-refractivity contribution >= 4 is 22.9 Å². The van der Waals surface area contributed by atoms with E-state index < -0.39 is 23.6 Å². The topological polar surface area (TPSA) is 102 Å². The summed E-state index contributed by atoms with van der Waals surface area (Å²) in [5.74, 6) is -0.870. The summed E-state index contributed by atoms with van der Waals surface area (Å²) >= 11 is 0. The maximum atomic E-state index is 14.7. The van der Waals surface area contributed by atoms with Crippen molar-refractivity contribution in [3.8, 4) is 17.1 Å². The lowest BCUT2D eigenvalue weighted by Gasteiger charge is -2.32. The van der Waals surface area contributed by atoms with Crippen LogP contribution in [0.5, 0.6) is 0 Å². The maximum Gasteiger partial charge on any atom is 0.236 e. The van der Waals surface area contributed by atoms with Crippen LogP contribution >= 0.6 is 0 Å². The van der Waals surface area contributed by atoms with E-state index in [1.807, 2.05) is 4.90 Å². The normalized spacial score (nSPS) is 16.4. The van der Waals surface area contributed by atoms with Crippen molar-refractivity contribution in [1.82, 2.24) is 24.8 Å². The van der Waals surface area contributed by atoms with Gasteiger partial charge in [-0.05, 0) is 36.4 Å². The molecular formula is C22H19F2N7O. The number of benzene rings is 1. The van der Waals surface area contributed by atoms with E-state index in [9.17, 15) is 13.6 Å². The summed E-state index contributed by atoms with van der Waals surface area (Å²) in [5.41, 5.74) is 7.34. The molecule has 1 saturated heterocycles. The van der Waals surface area contributed by atoms with Gasteiger partial charge in [-0.3, -0.25) is 14.3 Å². The maximum absolute atomic E-state index is 14.7. The molecule has 1 aliphatic heterocycles. The van der Waals surface area contributed by atoms with Crippen LogP contribution in [0.4, 0.5) is 14.6 Å². The van der Waals surface area contributed by atoms with Gasteiger partial charge in [0.2, 0.25) is 5.91 Å². The van der Waals surface area contributed by atoms with Crippen LogP contribution in [0.2, 0.25) is 0 Å². The average molecular weight is 435 g/mol. The van der Waals surface area contributed by atoms with Crippen LogP contribution in [0.25, 0.3) is 28.2 Å². The summed E-state index contributed by atoms with van der Waals surface area (Å²) in [6.45, 7) is 1.62. The number of pyridine rings is 2. The van der Waals surface area contributed by atoms with E-state index in [1.54, 1.807) is 41.2 Å². The van der Waals surface area contributed by atoms with Gasteiger partial charge in [-0.15, -0.1) is 0 Å². The number of nitrogens with one attached hydrogen (secondary N) is 1. The third-order valence-corrected chi connectivity index (χ3v) is 5.43. The van der Waals surface area contributed by atoms with Gasteiger partial charge in [-0.1, -0.05) is 0 Å². The Morgan fingerprint density at radius 1 is 1.09 bits per heavy atom. The molecule has 3 N–H and O–H groups in total. The molecule has 0 bridgehead atoms. The fourth-order valence-corrected chi connectivity index (χ4v) is 3.86. The third kappa shape index (κ3) is 3.54. The molecule has 3 aromatic heterocycles. The van der Waals surface area contributed by atoms with Crippen molar-refractivity contribution in [2.24, 2.45) is 5.73 Å². The fourth-order valence-electron chi connectivity index (χ4n) is 3.86. The molecule has 1 aliphatic rings. The number of hydrogen-bond acceptors (Lipinski definition) is 6. The Hall–Kier alpha value is -3.92. The number of hydrogen-bond donors (Lipinski definition) is 2. The summed E-state index contributed by atoms with van der Waals surface area (Å²) in [6.07, 6.45) is 3.23. The number of imidazole rings is 1. The lowest BCUT2D eigenvalue weighted by atomic mass is 10.2. The average Bonchev–Trinajstić information content (AvgIpc) is 3.18. The molecule has 0 radical (unpaired) electrons. The van der Waals surface area contributed by atoms with Gasteiger partial charge in [0.15, 0.2) is 5.65 Å². The van der Waals surface area contributed by atoms with Crippen molar-refractivity contribution in [3.05, 3.63) is 66.5 Å². The minimum atomic E-state index is -0.720. The number of rotatable bonds is 4. The van der Waals surface area contributed by atoms with Gasteiger partial charge in [0, 0.05) is 38.1 Å². The molecule has 0 saturated carbocycles. The predicted molar refractivity (Wildman–Crippen MR) is 115 cm³/mol. The number of nitrogens with zero attached hydrogens (tertiary/aromatic N) is 5. The first-order valence-corrected chi connectivity index (χ1v) is 10.0. The van der Waals surface area contributed by atoms with Gasteiger partial charge in [0.1, 0.15) is 34.8 Å². The number of fused-ring (bicyclic) bond motifs is 1. The van der Waals surface area contributed by atoms with Crippen LogP contribution in [-0.2, 0) is 4.79 Å². The molecular weight excluding hydrogens is 416 g/mol. The summed E-state index contributed by atoms with van der Waals surface area (Å²) in [5, 5.41) is 3.09. The zero-order chi connectivity index (χ0) is 22.2. The number of piperazine rings is 1. The predicted octanol–water partition coefficient (Wildman–Crippen LogP) is 2.02. The number of amides is 1. The first-order valence-electron chi connectivity index (χ1n) is 10.0. The standard InChI is InChI=1S/C22H19F2N7O/c23-13-1-2-15(16(24)11-13)21-28-17-3-4-19(30-10-9-27-18(12-30)20(25)32)29-22(17)31(21)14-5-7-26-8-6-14/h1-8,11,18,27H,9-10,12H2,(H2,25,32). The second-order valence-electron chi connectivity index (χ2n) is 7.47. The van der Waals surface area contributed by atoms with E-state index in [2.05, 4.69) is 15.3 Å². The monoisotopic (exact) mass is 435 g/mol. The first kappa shape index (κ1) is 20.0. The van der Waals surface area contributed by atoms with Crippen molar-refractivity contribution in [3.63, 3.8) is 0 Å². The smallest absolute Gasteiger partial charge is 0.236 e. The quantitative estimate of drug-likeness (QED) is 0.509. The van der Waals surface area contributed by atoms with E-state index in [0.29, 0.717) is 48.1 Å². The van der Waals surface area contributed by atoms with Gasteiger partial charge < -0.3 is 16.0 Å². The van der Waals surface area contributed by atoms with Gasteiger partial charge >= 0.3 is 0 Å². The molecule has 1 aromatic carbocycles. The van der Waals surface area contributed by atoms with E-state index >= 15 is 0 Å². The zero-order valence-electron chi connectivity index (χ0n) is 16.9. The third-order valence-electron chi connectivity index (χ3n) is 5.43. The zero-order valence-corrected chi connectivity index (χ0v) is 16.9. The van der Waals surface area contributed by atoms with Crippen LogP contribution in [0.1, 0.15) is 0 Å². The Bertz CT molecular complexity index is 1310. The minimum absolute atomic E-state index is 0.152. The molecule has 4 heterocycles. The molecule has 162 valence electrons. The summed E-state index contributed by atoms with van der Waals surface area (Å²) in [4.78, 5) is 27.0. The number of aromatic nitrogens is 4. The number of carbonyl (C=O) groups excluding carboxylic acids is 1. The molecule has 1 atom stereocenters. The van der Waals surface area contributed by atoms with Crippen LogP contribution in [0, 0.1) is 11.6 Å². The molecule has 1 fully saturated rings. The minimum Gasteiger partial charge on any atom is -0.368 e. The van der Waals surface area contributed by atoms with Gasteiger partial charge in [-0.2, -0.15) is 0 Å². The van der Waals surface area contributed by atoms with E-state index in [1.165, 1.54) is 12.1 Å². The highest BCUT2D eigenvalue weighted by Crippen LogP contribution is 2.31. The molecule has 1 unspecified atom stereocenters. The number of anilines is 1. The number of halogens is 2. The van der Waals surface area contributed by atoms with Gasteiger partial charge in [0.25, 0.3) is 0 Å². The molecule has 10 heteroatoms. The molecule has 0 aliphatic carbocycles. The summed E-state index contributed by atoms with van der Waals surface area (Å²) in [7, 11) is 0. The van der Waals surface area contributed by atoms with Gasteiger partial charge in [0.05, 0.1) is 11.3 Å². The van der Waals surface area contributed by atoms with Crippen molar-refractivity contribution < 1.29 is 13.6 Å². The lowest BCUT2D eigenvalue weighted by Crippen LogP contribution is -2.56. The molecule has 1 amide bonds. The molecule has 0 spiro atoms. The SMILES string of the molecule is NC(=O)C1CN(c2ccc3nc(-c4ccc(F)cc4F)n(-c4ccncc4)c3n2)CCN1. The molecule has 8 nitrogen and oxygen atoms in total. The largest absolute Gasteiger partial charge is 0.368 e. The second kappa shape index (κ2) is 7.97. The van der Waals surface area contributed by atoms with E-state index in [-0.39, 0.29) is 5.56 Å². The van der Waals surface area contributed by atoms with Crippen LogP contribution in [-0.4, -0.2) is 51.1 Å². The van der Waals surface area contributed by atoms with Crippen LogP contribution in [0.15, 0.2) is 54.9 Å². The first-order chi connectivity index (χ1) is 15.5. The Morgan fingerprint density at radius 3 is 2.66 bits per heavy atom. The Morgan fingerprint density at radius 2 is 1.91 bits per heavy atom. The fraction of sp³-hybridized carbons (Fsp3) is 0.182. The molecule has 4 aromatic rings. The number of primary amides is 1. The van der Waals surface area contributed by atoms with Crippen molar-refractivity contribution in [1.29, 1.82) is 0 Å². The summed E-state index contributed by atoms with van der Waals surface area (Å²) < 4.78 is 29.9. The van der Waals surface area contributed by atoms with Gasteiger partial charge in [-0.25, -0.2) is 18.7 Å². The van der Waals surface area contributed by atoms with Crippen molar-refractivity contribution in [2.75, 3.05) is 24.5 Å². The van der Waals surface area contributed by atoms with Crippen molar-refractivity contribution in [2.45, 2.75) is 6.04 Å². The van der Waals surface area contributed by atoms with E-state index in [0.717, 1.165) is 6.07 Å². The second-order valence-corrected chi connectivity index (χ2v) is 7.47. The number of nitrogens with two attached hydrogens (primary N) is 1. The molecule has 32 heavy (non-hydrogen) atoms. The Balaban J connectivity index is 1.68. The number of carbonyl (C=O) groups is 1. The van der Waals surface area contributed by atoms with Crippen LogP contribution in [0.3, 0.4) is 0 Å². The summed E-state index contributed by atoms with van der Waals surface area (Å²) in [6, 6.07) is 10.0. The Labute approximate surface area is 181 Å². The Kier molecular flexibility index (Phi) is 4.98.